The molecule has 0 saturated heterocycles. The summed E-state index contributed by atoms with van der Waals surface area (Å²) in [4.78, 5) is 20.4. The maximum Gasteiger partial charge on any atom is 0.264 e. The van der Waals surface area contributed by atoms with E-state index in [2.05, 4.69) is 20.0 Å². The highest BCUT2D eigenvalue weighted by Crippen LogP contribution is 2.26. The molecule has 0 unspecified atom stereocenters. The molecule has 0 atom stereocenters. The van der Waals surface area contributed by atoms with Crippen LogP contribution in [0.3, 0.4) is 0 Å². The molecule has 1 amide bonds. The molecule has 40 heavy (non-hydrogen) atoms. The van der Waals surface area contributed by atoms with Gasteiger partial charge in [0, 0.05) is 18.1 Å². The summed E-state index contributed by atoms with van der Waals surface area (Å²) in [5.74, 6) is -0.917. The van der Waals surface area contributed by atoms with Crippen LogP contribution >= 0.6 is 0 Å². The van der Waals surface area contributed by atoms with Gasteiger partial charge in [0.25, 0.3) is 20.0 Å². The van der Waals surface area contributed by atoms with Gasteiger partial charge in [0.15, 0.2) is 0 Å². The van der Waals surface area contributed by atoms with Crippen LogP contribution in [0.25, 0.3) is 0 Å². The zero-order valence-electron chi connectivity index (χ0n) is 21.1. The number of amides is 1. The van der Waals surface area contributed by atoms with Gasteiger partial charge in [-0.05, 0) is 85.8 Å². The van der Waals surface area contributed by atoms with E-state index < -0.39 is 38.3 Å². The van der Waals surface area contributed by atoms with Crippen LogP contribution in [0.4, 0.5) is 21.7 Å². The summed E-state index contributed by atoms with van der Waals surface area (Å²) in [5.41, 5.74) is 0.290. The molecule has 0 spiro atoms. The van der Waals surface area contributed by atoms with Crippen LogP contribution in [-0.2, 0) is 24.8 Å². The van der Waals surface area contributed by atoms with E-state index in [-0.39, 0.29) is 27.1 Å². The number of anilines is 3. The first kappa shape index (κ1) is 28.4. The monoisotopic (exact) mass is 585 g/mol. The predicted molar refractivity (Wildman–Crippen MR) is 146 cm³/mol. The second kappa shape index (κ2) is 12.1. The number of hydrogen-bond acceptors (Lipinski definition) is 8. The van der Waals surface area contributed by atoms with Crippen LogP contribution in [0, 0.1) is 5.82 Å². The molecule has 0 aliphatic heterocycles. The summed E-state index contributed by atoms with van der Waals surface area (Å²) in [6.45, 7) is 1.55. The van der Waals surface area contributed by atoms with Gasteiger partial charge < -0.3 is 10.1 Å². The molecule has 4 aromatic rings. The smallest absolute Gasteiger partial charge is 0.264 e. The van der Waals surface area contributed by atoms with Crippen molar-refractivity contribution >= 4 is 43.3 Å². The van der Waals surface area contributed by atoms with Gasteiger partial charge in [-0.15, -0.1) is 0 Å². The Morgan fingerprint density at radius 2 is 1.48 bits per heavy atom. The fourth-order valence-electron chi connectivity index (χ4n) is 3.50. The molecular weight excluding hydrogens is 561 g/mol. The highest BCUT2D eigenvalue weighted by molar-refractivity contribution is 7.93. The number of rotatable bonds is 11. The molecular formula is C26H24FN5O6S2. The van der Waals surface area contributed by atoms with Crippen LogP contribution in [0.15, 0.2) is 101 Å². The Morgan fingerprint density at radius 3 is 2.08 bits per heavy atom. The predicted octanol–water partition coefficient (Wildman–Crippen LogP) is 3.65. The van der Waals surface area contributed by atoms with E-state index in [0.29, 0.717) is 12.4 Å². The van der Waals surface area contributed by atoms with Crippen molar-refractivity contribution in [2.45, 2.75) is 16.7 Å². The Labute approximate surface area is 230 Å². The van der Waals surface area contributed by atoms with Crippen molar-refractivity contribution in [2.24, 2.45) is 0 Å². The lowest BCUT2D eigenvalue weighted by molar-refractivity contribution is -0.114. The first-order chi connectivity index (χ1) is 19.1. The SMILES string of the molecule is CCOc1ccc(S(=O)(=O)N(CC(=O)Nc2ccc(S(=O)(=O)Nc3ncccn3)cc2)c2ccc(F)cc2)cc1. The minimum Gasteiger partial charge on any atom is -0.494 e. The molecule has 0 aliphatic carbocycles. The summed E-state index contributed by atoms with van der Waals surface area (Å²) < 4.78 is 74.2. The Morgan fingerprint density at radius 1 is 0.875 bits per heavy atom. The highest BCUT2D eigenvalue weighted by Gasteiger charge is 2.27. The maximum absolute atomic E-state index is 13.6. The van der Waals surface area contributed by atoms with E-state index in [0.717, 1.165) is 16.4 Å². The molecule has 0 fully saturated rings. The van der Waals surface area contributed by atoms with Crippen LogP contribution in [0.1, 0.15) is 6.92 Å². The minimum absolute atomic E-state index is 0.0704. The van der Waals surface area contributed by atoms with Crippen LogP contribution in [0.2, 0.25) is 0 Å². The van der Waals surface area contributed by atoms with E-state index in [1.165, 1.54) is 79.1 Å². The van der Waals surface area contributed by atoms with Crippen LogP contribution in [-0.4, -0.2) is 45.9 Å². The molecule has 0 saturated carbocycles. The second-order valence-corrected chi connectivity index (χ2v) is 11.7. The Kier molecular flexibility index (Phi) is 8.60. The summed E-state index contributed by atoms with van der Waals surface area (Å²) in [6.07, 6.45) is 2.77. The highest BCUT2D eigenvalue weighted by atomic mass is 32.2. The van der Waals surface area contributed by atoms with Crippen molar-refractivity contribution in [3.8, 4) is 5.75 Å². The maximum atomic E-state index is 13.6. The van der Waals surface area contributed by atoms with Crippen LogP contribution < -0.4 is 19.1 Å². The van der Waals surface area contributed by atoms with Crippen molar-refractivity contribution in [3.05, 3.63) is 97.1 Å². The molecule has 3 aromatic carbocycles. The second-order valence-electron chi connectivity index (χ2n) is 8.14. The fourth-order valence-corrected chi connectivity index (χ4v) is 5.88. The van der Waals surface area contributed by atoms with Crippen molar-refractivity contribution in [1.82, 2.24) is 9.97 Å². The molecule has 0 radical (unpaired) electrons. The number of nitrogens with one attached hydrogen (secondary N) is 2. The molecule has 0 bridgehead atoms. The molecule has 1 heterocycles. The van der Waals surface area contributed by atoms with Crippen molar-refractivity contribution in [2.75, 3.05) is 27.5 Å². The normalized spacial score (nSPS) is 11.4. The van der Waals surface area contributed by atoms with E-state index in [1.54, 1.807) is 6.92 Å². The summed E-state index contributed by atoms with van der Waals surface area (Å²) in [5, 5.41) is 2.55. The molecule has 11 nitrogen and oxygen atoms in total. The Bertz CT molecular complexity index is 1670. The first-order valence-electron chi connectivity index (χ1n) is 11.8. The zero-order valence-corrected chi connectivity index (χ0v) is 22.7. The summed E-state index contributed by atoms with van der Waals surface area (Å²) >= 11 is 0. The first-order valence-corrected chi connectivity index (χ1v) is 14.7. The molecule has 208 valence electrons. The quantitative estimate of drug-likeness (QED) is 0.271. The lowest BCUT2D eigenvalue weighted by Crippen LogP contribution is -2.38. The number of carbonyl (C=O) groups excluding carboxylic acids is 1. The van der Waals surface area contributed by atoms with Gasteiger partial charge in [-0.25, -0.2) is 35.9 Å². The molecule has 1 aromatic heterocycles. The van der Waals surface area contributed by atoms with E-state index in [4.69, 9.17) is 4.74 Å². The minimum atomic E-state index is -4.25. The third kappa shape index (κ3) is 6.90. The number of sulfonamides is 2. The molecule has 14 heteroatoms. The van der Waals surface area contributed by atoms with E-state index in [1.807, 2.05) is 0 Å². The third-order valence-corrected chi connectivity index (χ3v) is 8.50. The zero-order chi connectivity index (χ0) is 28.8. The number of halogens is 1. The van der Waals surface area contributed by atoms with Gasteiger partial charge >= 0.3 is 0 Å². The average Bonchev–Trinajstić information content (AvgIpc) is 2.93. The fraction of sp³-hybridized carbons (Fsp3) is 0.115. The Hall–Kier alpha value is -4.56. The molecule has 4 rings (SSSR count). The Balaban J connectivity index is 1.53. The number of carbonyl (C=O) groups is 1. The molecule has 0 aliphatic rings. The van der Waals surface area contributed by atoms with Gasteiger partial charge in [0.2, 0.25) is 11.9 Å². The van der Waals surface area contributed by atoms with E-state index >= 15 is 0 Å². The van der Waals surface area contributed by atoms with Gasteiger partial charge in [0.1, 0.15) is 18.1 Å². The average molecular weight is 586 g/mol. The van der Waals surface area contributed by atoms with Gasteiger partial charge in [-0.1, -0.05) is 0 Å². The number of nitrogens with zero attached hydrogens (tertiary/aromatic N) is 3. The number of hydrogen-bond donors (Lipinski definition) is 2. The van der Waals surface area contributed by atoms with Gasteiger partial charge in [0.05, 0.1) is 22.1 Å². The van der Waals surface area contributed by atoms with Crippen molar-refractivity contribution in [1.29, 1.82) is 0 Å². The summed E-state index contributed by atoms with van der Waals surface area (Å²) in [6, 6.07) is 17.1. The largest absolute Gasteiger partial charge is 0.494 e. The summed E-state index contributed by atoms with van der Waals surface area (Å²) in [7, 11) is -8.24. The van der Waals surface area contributed by atoms with Crippen molar-refractivity contribution in [3.63, 3.8) is 0 Å². The number of aromatic nitrogens is 2. The standard InChI is InChI=1S/C26H24FN5O6S2/c1-2-38-22-10-14-24(15-11-22)40(36,37)32(21-8-4-19(27)5-9-21)18-25(33)30-20-6-12-23(13-7-20)39(34,35)31-26-28-16-3-17-29-26/h3-17H,2,18H2,1H3,(H,30,33)(H,28,29,31). The van der Waals surface area contributed by atoms with E-state index in [9.17, 15) is 26.0 Å². The topological polar surface area (TPSA) is 148 Å². The lowest BCUT2D eigenvalue weighted by Gasteiger charge is -2.24. The van der Waals surface area contributed by atoms with Crippen molar-refractivity contribution < 1.29 is 30.8 Å². The number of ether oxygens (including phenoxy) is 1. The lowest BCUT2D eigenvalue weighted by atomic mass is 10.3. The third-order valence-electron chi connectivity index (χ3n) is 5.36. The van der Waals surface area contributed by atoms with Gasteiger partial charge in [-0.2, -0.15) is 0 Å². The van der Waals surface area contributed by atoms with Crippen LogP contribution in [0.5, 0.6) is 5.75 Å². The molecule has 2 N–H and O–H groups in total. The number of benzene rings is 3. The van der Waals surface area contributed by atoms with Gasteiger partial charge in [-0.3, -0.25) is 9.10 Å².